The molecule has 0 bridgehead atoms. The number of fused-ring (bicyclic) bond motifs is 6. The van der Waals surface area contributed by atoms with Crippen molar-refractivity contribution in [3.8, 4) is 0 Å². The maximum Gasteiger partial charge on any atom is 0.233 e. The summed E-state index contributed by atoms with van der Waals surface area (Å²) in [6.07, 6.45) is 16.5. The van der Waals surface area contributed by atoms with Crippen molar-refractivity contribution in [1.82, 2.24) is 40.7 Å². The Morgan fingerprint density at radius 3 is 1.72 bits per heavy atom. The van der Waals surface area contributed by atoms with Crippen molar-refractivity contribution in [3.05, 3.63) is 182 Å². The monoisotopic (exact) mass is 1530 g/mol. The SMILES string of the molecule is Clc1ccc2c(c1Br)CCc1cc(Br)cnc1C2=[N+]1CCNCC1.Clc1ccc2c(c1Br)CCc1cc(Br)cnc1C2N1CCNCC1.O=C(CC1CCNCC1)N1CCC(C2c3ccc(Cl)c(Br)c3CCc3cc(Br)cnc32)CC1. The van der Waals surface area contributed by atoms with Gasteiger partial charge < -0.3 is 20.9 Å². The largest absolute Gasteiger partial charge is 0.343 e. The van der Waals surface area contributed by atoms with Gasteiger partial charge >= 0.3 is 0 Å². The second-order valence-corrected chi connectivity index (χ2v) is 28.5. The molecule has 4 aliphatic heterocycles. The van der Waals surface area contributed by atoms with E-state index < -0.39 is 0 Å². The lowest BCUT2D eigenvalue weighted by molar-refractivity contribution is -0.531. The van der Waals surface area contributed by atoms with Crippen LogP contribution in [0.25, 0.3) is 0 Å². The maximum atomic E-state index is 13.0. The van der Waals surface area contributed by atoms with Crippen LogP contribution in [0.2, 0.25) is 15.1 Å². The number of carbonyl (C=O) groups is 1. The first kappa shape index (κ1) is 60.5. The fourth-order valence-corrected chi connectivity index (χ4v) is 16.6. The Morgan fingerprint density at radius 2 is 1.06 bits per heavy atom. The molecule has 0 spiro atoms. The third-order valence-corrected chi connectivity index (χ3v) is 23.0. The number of amides is 1. The Balaban J connectivity index is 0.000000130. The van der Waals surface area contributed by atoms with Crippen LogP contribution in [0.3, 0.4) is 0 Å². The highest BCUT2D eigenvalue weighted by atomic mass is 79.9. The van der Waals surface area contributed by atoms with Gasteiger partial charge in [0.2, 0.25) is 11.6 Å². The second kappa shape index (κ2) is 27.7. The fraction of sp³-hybridized carbons (Fsp3) is 0.435. The van der Waals surface area contributed by atoms with E-state index in [-0.39, 0.29) is 12.0 Å². The van der Waals surface area contributed by atoms with Gasteiger partial charge in [0, 0.05) is 97.0 Å². The van der Waals surface area contributed by atoms with E-state index in [0.29, 0.717) is 24.2 Å². The summed E-state index contributed by atoms with van der Waals surface area (Å²) in [5.74, 6) is 1.59. The summed E-state index contributed by atoms with van der Waals surface area (Å²) in [7, 11) is 0. The molecule has 0 radical (unpaired) electrons. The molecule has 2 atom stereocenters. The number of rotatable bonds is 4. The topological polar surface area (TPSA) is 101 Å². The third kappa shape index (κ3) is 13.7. The van der Waals surface area contributed by atoms with Gasteiger partial charge in [0.1, 0.15) is 5.69 Å². The number of carbonyl (C=O) groups excluding carboxylic acids is 1. The van der Waals surface area contributed by atoms with Crippen LogP contribution < -0.4 is 16.0 Å². The van der Waals surface area contributed by atoms with E-state index in [1.165, 1.54) is 67.2 Å². The van der Waals surface area contributed by atoms with Gasteiger partial charge in [-0.1, -0.05) is 46.9 Å². The number of nitrogens with one attached hydrogen (secondary N) is 3. The Morgan fingerprint density at radius 1 is 0.556 bits per heavy atom. The molecular formula is C62H65Br6Cl3N9O+. The van der Waals surface area contributed by atoms with Gasteiger partial charge in [-0.15, -0.1) is 0 Å². The predicted octanol–water partition coefficient (Wildman–Crippen LogP) is 14.3. The molecule has 426 valence electrons. The van der Waals surface area contributed by atoms with Gasteiger partial charge in [0.05, 0.1) is 51.2 Å². The van der Waals surface area contributed by atoms with Gasteiger partial charge in [-0.05, 0) is 272 Å². The number of halogens is 9. The van der Waals surface area contributed by atoms with E-state index >= 15 is 0 Å². The van der Waals surface area contributed by atoms with E-state index in [0.717, 1.165) is 190 Å². The van der Waals surface area contributed by atoms with Crippen LogP contribution in [0.1, 0.15) is 111 Å². The lowest BCUT2D eigenvalue weighted by Gasteiger charge is -2.37. The first-order chi connectivity index (χ1) is 39.3. The molecular weight excluding hydrogens is 1470 g/mol. The summed E-state index contributed by atoms with van der Waals surface area (Å²) in [6, 6.07) is 19.4. The highest BCUT2D eigenvalue weighted by Gasteiger charge is 2.38. The highest BCUT2D eigenvalue weighted by Crippen LogP contribution is 2.47. The smallest absolute Gasteiger partial charge is 0.233 e. The average molecular weight is 1540 g/mol. The number of aromatic nitrogens is 3. The minimum atomic E-state index is 0.196. The van der Waals surface area contributed by atoms with Crippen LogP contribution in [0.15, 0.2) is 100 Å². The molecule has 13 rings (SSSR count). The Labute approximate surface area is 541 Å². The number of aryl methyl sites for hydroxylation is 3. The zero-order valence-electron chi connectivity index (χ0n) is 45.0. The highest BCUT2D eigenvalue weighted by molar-refractivity contribution is 9.11. The molecule has 0 saturated carbocycles. The minimum Gasteiger partial charge on any atom is -0.343 e. The van der Waals surface area contributed by atoms with Gasteiger partial charge in [0.25, 0.3) is 0 Å². The van der Waals surface area contributed by atoms with Crippen molar-refractivity contribution >= 4 is 142 Å². The molecule has 4 saturated heterocycles. The first-order valence-corrected chi connectivity index (χ1v) is 34.3. The molecule has 4 fully saturated rings. The molecule has 3 N–H and O–H groups in total. The molecule has 3 aliphatic carbocycles. The predicted molar refractivity (Wildman–Crippen MR) is 349 cm³/mol. The molecule has 2 unspecified atom stereocenters. The summed E-state index contributed by atoms with van der Waals surface area (Å²) in [4.78, 5) is 32.2. The van der Waals surface area contributed by atoms with E-state index in [1.807, 2.05) is 36.8 Å². The zero-order valence-corrected chi connectivity index (χ0v) is 56.8. The van der Waals surface area contributed by atoms with Gasteiger partial charge in [-0.3, -0.25) is 19.7 Å². The summed E-state index contributed by atoms with van der Waals surface area (Å²) < 4.78 is 8.64. The van der Waals surface area contributed by atoms with Gasteiger partial charge in [-0.25, -0.2) is 9.56 Å². The number of hydrogen-bond acceptors (Lipinski definition) is 8. The molecule has 3 aromatic heterocycles. The molecule has 7 aliphatic rings. The molecule has 10 nitrogen and oxygen atoms in total. The maximum absolute atomic E-state index is 13.0. The van der Waals surface area contributed by atoms with E-state index in [2.05, 4.69) is 162 Å². The van der Waals surface area contributed by atoms with Crippen LogP contribution in [0.5, 0.6) is 0 Å². The van der Waals surface area contributed by atoms with Crippen molar-refractivity contribution in [3.63, 3.8) is 0 Å². The van der Waals surface area contributed by atoms with Crippen molar-refractivity contribution in [2.24, 2.45) is 11.8 Å². The lowest BCUT2D eigenvalue weighted by atomic mass is 9.76. The number of piperazine rings is 2. The molecule has 19 heteroatoms. The standard InChI is InChI=1S/C26H30Br2ClN3O.C18H18Br2ClN3.C18H17Br2ClN3/c27-19-14-18-1-2-21-20(3-4-22(29)25(21)28)24(26(18)31-15-19)17-7-11-32(12-8-17)23(33)13-16-5-9-30-10-6-16;2*19-12-9-11-1-2-13-14(3-4-15(21)16(13)20)18(17(11)23-10-12)24-7-5-22-6-8-24/h3-4,14-17,24,30H,1-2,5-13H2;3-4,9-10,18,22H,1-2,5-8H2;3-4,9-10,22H,1-2,5-8H2/q;;+1. The Kier molecular flexibility index (Phi) is 20.7. The zero-order chi connectivity index (χ0) is 56.3. The number of benzene rings is 3. The Bertz CT molecular complexity index is 3340. The molecule has 81 heavy (non-hydrogen) atoms. The van der Waals surface area contributed by atoms with E-state index in [1.54, 1.807) is 0 Å². The number of pyridine rings is 3. The number of hydrogen-bond donors (Lipinski definition) is 3. The molecule has 1 amide bonds. The fourth-order valence-electron chi connectivity index (χ4n) is 13.3. The second-order valence-electron chi connectivity index (χ2n) is 22.2. The van der Waals surface area contributed by atoms with Crippen LogP contribution in [0, 0.1) is 11.8 Å². The quantitative estimate of drug-likeness (QED) is 0.150. The summed E-state index contributed by atoms with van der Waals surface area (Å²) in [5, 5.41) is 12.6. The van der Waals surface area contributed by atoms with Crippen LogP contribution in [-0.4, -0.2) is 119 Å². The number of likely N-dealkylation sites (tertiary alicyclic amines) is 1. The van der Waals surface area contributed by atoms with Crippen molar-refractivity contribution in [2.75, 3.05) is 78.5 Å². The average Bonchev–Trinajstić information content (AvgIpc) is 4.11. The molecule has 6 aromatic rings. The summed E-state index contributed by atoms with van der Waals surface area (Å²) in [5.41, 5.74) is 16.5. The number of piperidine rings is 2. The van der Waals surface area contributed by atoms with Crippen LogP contribution in [0.4, 0.5) is 0 Å². The van der Waals surface area contributed by atoms with Crippen molar-refractivity contribution in [1.29, 1.82) is 0 Å². The number of nitrogens with zero attached hydrogens (tertiary/aromatic N) is 6. The van der Waals surface area contributed by atoms with E-state index in [4.69, 9.17) is 49.8 Å². The third-order valence-electron chi connectivity index (χ3n) is 17.4. The summed E-state index contributed by atoms with van der Waals surface area (Å²) >= 11 is 41.2. The van der Waals surface area contributed by atoms with Gasteiger partial charge in [0.15, 0.2) is 13.1 Å². The van der Waals surface area contributed by atoms with Crippen molar-refractivity contribution in [2.45, 2.75) is 82.6 Å². The van der Waals surface area contributed by atoms with Crippen LogP contribution in [-0.2, 0) is 43.3 Å². The summed E-state index contributed by atoms with van der Waals surface area (Å²) in [6.45, 7) is 11.9. The van der Waals surface area contributed by atoms with Gasteiger partial charge in [-0.2, -0.15) is 0 Å². The van der Waals surface area contributed by atoms with Crippen LogP contribution >= 0.6 is 130 Å². The molecule has 7 heterocycles. The van der Waals surface area contributed by atoms with E-state index in [9.17, 15) is 4.79 Å². The van der Waals surface area contributed by atoms with Crippen molar-refractivity contribution < 1.29 is 9.37 Å². The normalized spacial score (nSPS) is 20.3. The molecule has 3 aromatic carbocycles. The lowest BCUT2D eigenvalue weighted by Crippen LogP contribution is -2.45. The first-order valence-electron chi connectivity index (χ1n) is 28.4. The minimum absolute atomic E-state index is 0.196. The Hall–Kier alpha value is -2.16.